The van der Waals surface area contributed by atoms with E-state index in [9.17, 15) is 4.79 Å². The third-order valence-electron chi connectivity index (χ3n) is 2.73. The maximum atomic E-state index is 10.9. The molecular weight excluding hydrogens is 176 g/mol. The summed E-state index contributed by atoms with van der Waals surface area (Å²) in [4.78, 5) is 13.0. The summed E-state index contributed by atoms with van der Waals surface area (Å²) in [7, 11) is 0. The average molecular weight is 194 g/mol. The second kappa shape index (κ2) is 5.66. The highest BCUT2D eigenvalue weighted by Gasteiger charge is 2.31. The lowest BCUT2D eigenvalue weighted by molar-refractivity contribution is -0.127. The van der Waals surface area contributed by atoms with E-state index in [1.807, 2.05) is 0 Å². The second-order valence-corrected chi connectivity index (χ2v) is 3.76. The summed E-state index contributed by atoms with van der Waals surface area (Å²) in [6, 6.07) is 0.00244. The van der Waals surface area contributed by atoms with E-state index in [4.69, 9.17) is 12.2 Å². The number of likely N-dealkylation sites (tertiary alicyclic amines) is 1. The van der Waals surface area contributed by atoms with Crippen LogP contribution in [-0.4, -0.2) is 29.9 Å². The van der Waals surface area contributed by atoms with Gasteiger partial charge in [-0.05, 0) is 25.8 Å². The van der Waals surface area contributed by atoms with E-state index in [0.29, 0.717) is 0 Å². The maximum Gasteiger partial charge on any atom is 0.234 e. The minimum absolute atomic E-state index is 0.00244. The van der Waals surface area contributed by atoms with Crippen molar-refractivity contribution in [1.82, 2.24) is 4.90 Å². The highest BCUT2D eigenvalue weighted by molar-refractivity contribution is 5.80. The summed E-state index contributed by atoms with van der Waals surface area (Å²) in [6.45, 7) is 2.00. The third kappa shape index (κ3) is 3.04. The SMILES string of the molecule is C#CCCCCCN1CCC1C(N)=O. The van der Waals surface area contributed by atoms with Crippen LogP contribution in [0.2, 0.25) is 0 Å². The van der Waals surface area contributed by atoms with Crippen LogP contribution in [-0.2, 0) is 4.79 Å². The molecule has 0 aliphatic carbocycles. The Morgan fingerprint density at radius 2 is 2.29 bits per heavy atom. The first-order valence-corrected chi connectivity index (χ1v) is 5.22. The number of carbonyl (C=O) groups is 1. The molecule has 1 atom stereocenters. The Balaban J connectivity index is 2.02. The lowest BCUT2D eigenvalue weighted by atomic mass is 10.0. The van der Waals surface area contributed by atoms with Gasteiger partial charge in [0, 0.05) is 13.0 Å². The van der Waals surface area contributed by atoms with Crippen molar-refractivity contribution < 1.29 is 4.79 Å². The smallest absolute Gasteiger partial charge is 0.234 e. The fraction of sp³-hybridized carbons (Fsp3) is 0.727. The molecule has 0 aromatic carbocycles. The molecule has 0 aromatic heterocycles. The average Bonchev–Trinajstić information content (AvgIpc) is 2.08. The zero-order chi connectivity index (χ0) is 10.4. The second-order valence-electron chi connectivity index (χ2n) is 3.76. The van der Waals surface area contributed by atoms with Crippen LogP contribution in [0.5, 0.6) is 0 Å². The fourth-order valence-electron chi connectivity index (χ4n) is 1.75. The van der Waals surface area contributed by atoms with Gasteiger partial charge in [-0.2, -0.15) is 0 Å². The number of amides is 1. The minimum atomic E-state index is -0.181. The monoisotopic (exact) mass is 194 g/mol. The highest BCUT2D eigenvalue weighted by atomic mass is 16.1. The molecule has 1 heterocycles. The quantitative estimate of drug-likeness (QED) is 0.501. The fourth-order valence-corrected chi connectivity index (χ4v) is 1.75. The van der Waals surface area contributed by atoms with Crippen molar-refractivity contribution in [2.24, 2.45) is 5.73 Å². The number of terminal acetylenes is 1. The Morgan fingerprint density at radius 3 is 2.79 bits per heavy atom. The van der Waals surface area contributed by atoms with E-state index in [-0.39, 0.29) is 11.9 Å². The summed E-state index contributed by atoms with van der Waals surface area (Å²) in [5.74, 6) is 2.44. The topological polar surface area (TPSA) is 46.3 Å². The number of rotatable bonds is 6. The van der Waals surface area contributed by atoms with E-state index < -0.39 is 0 Å². The van der Waals surface area contributed by atoms with Crippen LogP contribution in [0.4, 0.5) is 0 Å². The Bertz CT molecular complexity index is 232. The summed E-state index contributed by atoms with van der Waals surface area (Å²) < 4.78 is 0. The van der Waals surface area contributed by atoms with Gasteiger partial charge in [-0.15, -0.1) is 12.3 Å². The van der Waals surface area contributed by atoms with Gasteiger partial charge in [-0.25, -0.2) is 0 Å². The van der Waals surface area contributed by atoms with Crippen LogP contribution in [0, 0.1) is 12.3 Å². The standard InChI is InChI=1S/C11H18N2O/c1-2-3-4-5-6-8-13-9-7-10(13)11(12)14/h1,10H,3-9H2,(H2,12,14). The summed E-state index contributed by atoms with van der Waals surface area (Å²) in [5.41, 5.74) is 5.23. The predicted molar refractivity (Wildman–Crippen MR) is 56.5 cm³/mol. The number of nitrogens with two attached hydrogens (primary N) is 1. The number of hydrogen-bond donors (Lipinski definition) is 1. The molecule has 0 aromatic rings. The van der Waals surface area contributed by atoms with Crippen LogP contribution in [0.25, 0.3) is 0 Å². The molecule has 1 aliphatic heterocycles. The Hall–Kier alpha value is -1.01. The maximum absolute atomic E-state index is 10.9. The normalized spacial score (nSPS) is 21.2. The molecule has 78 valence electrons. The van der Waals surface area contributed by atoms with E-state index in [2.05, 4.69) is 10.8 Å². The Morgan fingerprint density at radius 1 is 1.50 bits per heavy atom. The zero-order valence-corrected chi connectivity index (χ0v) is 8.54. The summed E-state index contributed by atoms with van der Waals surface area (Å²) in [5, 5.41) is 0. The van der Waals surface area contributed by atoms with Crippen molar-refractivity contribution in [3.8, 4) is 12.3 Å². The highest BCUT2D eigenvalue weighted by Crippen LogP contribution is 2.17. The van der Waals surface area contributed by atoms with Crippen molar-refractivity contribution in [1.29, 1.82) is 0 Å². The molecule has 1 saturated heterocycles. The van der Waals surface area contributed by atoms with Gasteiger partial charge in [0.2, 0.25) is 5.91 Å². The lowest BCUT2D eigenvalue weighted by Gasteiger charge is -2.38. The van der Waals surface area contributed by atoms with Crippen LogP contribution >= 0.6 is 0 Å². The first-order chi connectivity index (χ1) is 6.75. The van der Waals surface area contributed by atoms with E-state index >= 15 is 0 Å². The Labute approximate surface area is 85.6 Å². The van der Waals surface area contributed by atoms with Crippen molar-refractivity contribution in [2.45, 2.75) is 38.1 Å². The van der Waals surface area contributed by atoms with Gasteiger partial charge in [-0.1, -0.05) is 6.42 Å². The largest absolute Gasteiger partial charge is 0.368 e. The minimum Gasteiger partial charge on any atom is -0.368 e. The van der Waals surface area contributed by atoms with Crippen LogP contribution in [0.3, 0.4) is 0 Å². The molecular formula is C11H18N2O. The van der Waals surface area contributed by atoms with E-state index in [0.717, 1.165) is 45.2 Å². The molecule has 0 saturated carbocycles. The number of hydrogen-bond acceptors (Lipinski definition) is 2. The van der Waals surface area contributed by atoms with Gasteiger partial charge in [0.15, 0.2) is 0 Å². The molecule has 3 heteroatoms. The van der Waals surface area contributed by atoms with Crippen molar-refractivity contribution >= 4 is 5.91 Å². The van der Waals surface area contributed by atoms with Gasteiger partial charge < -0.3 is 5.73 Å². The van der Waals surface area contributed by atoms with Crippen molar-refractivity contribution in [2.75, 3.05) is 13.1 Å². The van der Waals surface area contributed by atoms with Gasteiger partial charge in [0.05, 0.1) is 6.04 Å². The molecule has 1 rings (SSSR count). The van der Waals surface area contributed by atoms with Gasteiger partial charge >= 0.3 is 0 Å². The molecule has 1 unspecified atom stereocenters. The summed E-state index contributed by atoms with van der Waals surface area (Å²) in [6.07, 6.45) is 10.3. The molecule has 1 amide bonds. The van der Waals surface area contributed by atoms with Crippen LogP contribution < -0.4 is 5.73 Å². The van der Waals surface area contributed by atoms with E-state index in [1.165, 1.54) is 0 Å². The van der Waals surface area contributed by atoms with Gasteiger partial charge in [0.25, 0.3) is 0 Å². The molecule has 0 bridgehead atoms. The molecule has 0 radical (unpaired) electrons. The van der Waals surface area contributed by atoms with Crippen LogP contribution in [0.1, 0.15) is 32.1 Å². The number of nitrogens with zero attached hydrogens (tertiary/aromatic N) is 1. The van der Waals surface area contributed by atoms with E-state index in [1.54, 1.807) is 0 Å². The van der Waals surface area contributed by atoms with Crippen LogP contribution in [0.15, 0.2) is 0 Å². The first kappa shape index (κ1) is 11.1. The van der Waals surface area contributed by atoms with Gasteiger partial charge in [-0.3, -0.25) is 9.69 Å². The molecule has 14 heavy (non-hydrogen) atoms. The Kier molecular flexibility index (Phi) is 4.48. The molecule has 1 aliphatic rings. The van der Waals surface area contributed by atoms with Crippen molar-refractivity contribution in [3.63, 3.8) is 0 Å². The number of carbonyl (C=O) groups excluding carboxylic acids is 1. The van der Waals surface area contributed by atoms with Crippen molar-refractivity contribution in [3.05, 3.63) is 0 Å². The first-order valence-electron chi connectivity index (χ1n) is 5.22. The third-order valence-corrected chi connectivity index (χ3v) is 2.73. The number of unbranched alkanes of at least 4 members (excludes halogenated alkanes) is 3. The molecule has 0 spiro atoms. The summed E-state index contributed by atoms with van der Waals surface area (Å²) >= 11 is 0. The molecule has 2 N–H and O–H groups in total. The number of primary amides is 1. The zero-order valence-electron chi connectivity index (χ0n) is 8.54. The molecule has 3 nitrogen and oxygen atoms in total. The predicted octanol–water partition coefficient (Wildman–Crippen LogP) is 0.740. The van der Waals surface area contributed by atoms with Gasteiger partial charge in [0.1, 0.15) is 0 Å². The molecule has 1 fully saturated rings. The lowest BCUT2D eigenvalue weighted by Crippen LogP contribution is -2.54.